The number of benzene rings is 2. The van der Waals surface area contributed by atoms with Crippen LogP contribution in [0.5, 0.6) is 11.5 Å². The molecule has 5 heteroatoms. The van der Waals surface area contributed by atoms with E-state index in [0.29, 0.717) is 17.1 Å². The van der Waals surface area contributed by atoms with Crippen LogP contribution in [0.25, 0.3) is 0 Å². The van der Waals surface area contributed by atoms with Crippen molar-refractivity contribution in [3.63, 3.8) is 0 Å². The molecule has 0 heterocycles. The summed E-state index contributed by atoms with van der Waals surface area (Å²) >= 11 is -1.15. The van der Waals surface area contributed by atoms with E-state index >= 15 is 0 Å². The molecule has 2 aromatic rings. The Morgan fingerprint density at radius 3 is 2.43 bits per heavy atom. The standard InChI is InChI=1S/C18H20IO4/c1-18(2,12-20)14-9-10-15(22-3)16(11-14)23-19-17(21)13-7-5-4-6-8-13/h4-11,20H,12H2,1-3H3/q-1. The first-order valence-corrected chi connectivity index (χ1v) is 9.14. The first-order valence-electron chi connectivity index (χ1n) is 7.18. The summed E-state index contributed by atoms with van der Waals surface area (Å²) in [5.74, 6) is 1.13. The van der Waals surface area contributed by atoms with E-state index in [0.717, 1.165) is 5.56 Å². The van der Waals surface area contributed by atoms with Gasteiger partial charge in [0.05, 0.1) is 0 Å². The van der Waals surface area contributed by atoms with Gasteiger partial charge in [-0.15, -0.1) is 0 Å². The van der Waals surface area contributed by atoms with Crippen LogP contribution in [0, 0.1) is 0 Å². The quantitative estimate of drug-likeness (QED) is 0.507. The van der Waals surface area contributed by atoms with Gasteiger partial charge in [0.1, 0.15) is 0 Å². The fourth-order valence-electron chi connectivity index (χ4n) is 1.94. The number of halogens is 1. The molecule has 0 spiro atoms. The monoisotopic (exact) mass is 427 g/mol. The summed E-state index contributed by atoms with van der Waals surface area (Å²) in [4.78, 5) is 12.2. The molecule has 0 aliphatic heterocycles. The number of hydrogen-bond donors (Lipinski definition) is 1. The number of ether oxygens (including phenoxy) is 1. The fraction of sp³-hybridized carbons (Fsp3) is 0.278. The van der Waals surface area contributed by atoms with Gasteiger partial charge in [-0.25, -0.2) is 0 Å². The average Bonchev–Trinajstić information content (AvgIpc) is 2.60. The Hall–Kier alpha value is -1.60. The number of aliphatic hydroxyl groups excluding tert-OH is 1. The van der Waals surface area contributed by atoms with Crippen LogP contribution in [0.3, 0.4) is 0 Å². The molecule has 0 saturated heterocycles. The van der Waals surface area contributed by atoms with Crippen LogP contribution in [-0.4, -0.2) is 22.6 Å². The Bertz CT molecular complexity index is 668. The molecule has 23 heavy (non-hydrogen) atoms. The molecule has 0 radical (unpaired) electrons. The Kier molecular flexibility index (Phi) is 6.01. The van der Waals surface area contributed by atoms with E-state index < -0.39 is 21.6 Å². The molecule has 4 nitrogen and oxygen atoms in total. The molecular weight excluding hydrogens is 407 g/mol. The molecule has 0 aliphatic carbocycles. The van der Waals surface area contributed by atoms with Gasteiger partial charge >= 0.3 is 147 Å². The molecule has 0 atom stereocenters. The second kappa shape index (κ2) is 7.79. The molecule has 1 N–H and O–H groups in total. The Labute approximate surface area is 147 Å². The van der Waals surface area contributed by atoms with Crippen molar-refractivity contribution in [2.75, 3.05) is 13.7 Å². The van der Waals surface area contributed by atoms with Crippen LogP contribution in [0.15, 0.2) is 48.5 Å². The van der Waals surface area contributed by atoms with Gasteiger partial charge in [0.15, 0.2) is 0 Å². The van der Waals surface area contributed by atoms with Crippen LogP contribution in [0.4, 0.5) is 0 Å². The summed E-state index contributed by atoms with van der Waals surface area (Å²) in [6.45, 7) is 3.92. The Balaban J connectivity index is 2.18. The van der Waals surface area contributed by atoms with Crippen molar-refractivity contribution >= 4 is 3.79 Å². The second-order valence-electron chi connectivity index (χ2n) is 5.70. The summed E-state index contributed by atoms with van der Waals surface area (Å²) < 4.78 is 11.1. The van der Waals surface area contributed by atoms with Crippen LogP contribution in [0.1, 0.15) is 29.8 Å². The van der Waals surface area contributed by atoms with Gasteiger partial charge in [-0.2, -0.15) is 0 Å². The van der Waals surface area contributed by atoms with Crippen molar-refractivity contribution < 1.29 is 39.3 Å². The zero-order valence-corrected chi connectivity index (χ0v) is 15.5. The number of aliphatic hydroxyl groups is 1. The van der Waals surface area contributed by atoms with Crippen LogP contribution < -0.4 is 29.4 Å². The minimum atomic E-state index is -1.15. The molecule has 0 amide bonds. The molecule has 0 bridgehead atoms. The Morgan fingerprint density at radius 1 is 1.13 bits per heavy atom. The summed E-state index contributed by atoms with van der Waals surface area (Å²) in [7, 11) is 1.57. The fourth-order valence-corrected chi connectivity index (χ4v) is 3.33. The van der Waals surface area contributed by atoms with E-state index in [2.05, 4.69) is 0 Å². The van der Waals surface area contributed by atoms with E-state index in [9.17, 15) is 9.90 Å². The minimum absolute atomic E-state index is 0.0123. The molecular formula is C18H20IO4-. The maximum atomic E-state index is 12.2. The average molecular weight is 427 g/mol. The van der Waals surface area contributed by atoms with Gasteiger partial charge < -0.3 is 0 Å². The van der Waals surface area contributed by atoms with Gasteiger partial charge in [-0.1, -0.05) is 0 Å². The molecule has 2 rings (SSSR count). The number of rotatable bonds is 7. The van der Waals surface area contributed by atoms with Gasteiger partial charge in [0, 0.05) is 0 Å². The predicted molar refractivity (Wildman–Crippen MR) is 84.5 cm³/mol. The van der Waals surface area contributed by atoms with Crippen molar-refractivity contribution in [3.05, 3.63) is 59.7 Å². The molecule has 0 aromatic heterocycles. The normalized spacial score (nSPS) is 11.3. The van der Waals surface area contributed by atoms with Crippen molar-refractivity contribution in [2.24, 2.45) is 0 Å². The SMILES string of the molecule is COc1ccc(C(C)(C)CO)cc1O[I-]C(=O)c1ccccc1. The van der Waals surface area contributed by atoms with Crippen molar-refractivity contribution in [1.29, 1.82) is 0 Å². The molecule has 124 valence electrons. The van der Waals surface area contributed by atoms with Crippen molar-refractivity contribution in [2.45, 2.75) is 19.3 Å². The molecule has 0 aliphatic rings. The molecule has 0 unspecified atom stereocenters. The van der Waals surface area contributed by atoms with Gasteiger partial charge in [-0.05, 0) is 0 Å². The van der Waals surface area contributed by atoms with Crippen molar-refractivity contribution in [1.82, 2.24) is 0 Å². The van der Waals surface area contributed by atoms with E-state index in [1.165, 1.54) is 0 Å². The van der Waals surface area contributed by atoms with Crippen LogP contribution >= 0.6 is 0 Å². The number of methoxy groups -OCH3 is 1. The summed E-state index contributed by atoms with van der Waals surface area (Å²) in [5.41, 5.74) is 1.21. The van der Waals surface area contributed by atoms with Gasteiger partial charge in [0.25, 0.3) is 0 Å². The van der Waals surface area contributed by atoms with E-state index in [-0.39, 0.29) is 15.8 Å². The third kappa shape index (κ3) is 4.45. The van der Waals surface area contributed by atoms with E-state index in [1.54, 1.807) is 25.3 Å². The molecule has 0 saturated carbocycles. The number of carbonyl (C=O) groups is 1. The van der Waals surface area contributed by atoms with Gasteiger partial charge in [0.2, 0.25) is 0 Å². The first-order chi connectivity index (χ1) is 11.0. The zero-order valence-electron chi connectivity index (χ0n) is 13.4. The third-order valence-corrected chi connectivity index (χ3v) is 5.25. The first kappa shape index (κ1) is 17.7. The topological polar surface area (TPSA) is 55.8 Å². The van der Waals surface area contributed by atoms with Crippen molar-refractivity contribution in [3.8, 4) is 11.5 Å². The van der Waals surface area contributed by atoms with E-state index in [4.69, 9.17) is 7.80 Å². The van der Waals surface area contributed by atoms with E-state index in [1.807, 2.05) is 44.2 Å². The maximum absolute atomic E-state index is 12.2. The summed E-state index contributed by atoms with van der Waals surface area (Å²) in [5, 5.41) is 9.51. The third-order valence-electron chi connectivity index (χ3n) is 3.53. The zero-order chi connectivity index (χ0) is 16.9. The summed E-state index contributed by atoms with van der Waals surface area (Å²) in [6.07, 6.45) is 0. The number of carbonyl (C=O) groups excluding carboxylic acids is 1. The Morgan fingerprint density at radius 2 is 1.83 bits per heavy atom. The van der Waals surface area contributed by atoms with Gasteiger partial charge in [-0.3, -0.25) is 0 Å². The molecule has 0 fully saturated rings. The summed E-state index contributed by atoms with van der Waals surface area (Å²) in [6, 6.07) is 14.7. The number of hydrogen-bond acceptors (Lipinski definition) is 4. The van der Waals surface area contributed by atoms with Crippen LogP contribution in [0.2, 0.25) is 0 Å². The predicted octanol–water partition coefficient (Wildman–Crippen LogP) is 0.188. The second-order valence-corrected chi connectivity index (χ2v) is 7.56. The van der Waals surface area contributed by atoms with Crippen LogP contribution in [-0.2, 0) is 5.41 Å². The molecule has 2 aromatic carbocycles.